The molecular formula is C13H15BrN2O2S. The topological polar surface area (TPSA) is 55.2 Å². The van der Waals surface area contributed by atoms with Gasteiger partial charge in [-0.3, -0.25) is 0 Å². The van der Waals surface area contributed by atoms with Crippen molar-refractivity contribution in [2.75, 3.05) is 7.11 Å². The van der Waals surface area contributed by atoms with Gasteiger partial charge in [-0.25, -0.2) is 0 Å². The van der Waals surface area contributed by atoms with Crippen LogP contribution in [0.25, 0.3) is 0 Å². The second kappa shape index (κ2) is 6.45. The number of ether oxygens (including phenoxy) is 1. The number of hydrogen-bond acceptors (Lipinski definition) is 5. The Bertz CT molecular complexity index is 559. The zero-order valence-corrected chi connectivity index (χ0v) is 13.2. The average Bonchev–Trinajstić information content (AvgIpc) is 2.89. The Hall–Kier alpha value is -0.980. The van der Waals surface area contributed by atoms with Crippen LogP contribution in [0.3, 0.4) is 0 Å². The molecule has 19 heavy (non-hydrogen) atoms. The maximum atomic E-state index is 10.3. The van der Waals surface area contributed by atoms with Gasteiger partial charge in [-0.15, -0.1) is 5.10 Å². The van der Waals surface area contributed by atoms with Crippen molar-refractivity contribution >= 4 is 27.5 Å². The third-order valence-electron chi connectivity index (χ3n) is 2.89. The summed E-state index contributed by atoms with van der Waals surface area (Å²) in [5.41, 5.74) is 1.87. The van der Waals surface area contributed by atoms with Gasteiger partial charge >= 0.3 is 0 Å². The summed E-state index contributed by atoms with van der Waals surface area (Å²) in [6, 6.07) is 5.73. The standard InChI is InChI=1S/C13H15BrN2O2S/c1-3-11-13(19-16-15-11)12(17)7-8-6-9(18-2)4-5-10(8)14/h4-6,12,17H,3,7H2,1-2H3. The van der Waals surface area contributed by atoms with Gasteiger partial charge in [0, 0.05) is 10.9 Å². The molecule has 102 valence electrons. The molecule has 1 unspecified atom stereocenters. The molecule has 0 aliphatic carbocycles. The van der Waals surface area contributed by atoms with Crippen molar-refractivity contribution in [3.05, 3.63) is 38.8 Å². The highest BCUT2D eigenvalue weighted by molar-refractivity contribution is 9.10. The van der Waals surface area contributed by atoms with Crippen LogP contribution >= 0.6 is 27.5 Å². The second-order valence-electron chi connectivity index (χ2n) is 4.11. The number of aliphatic hydroxyl groups excluding tert-OH is 1. The van der Waals surface area contributed by atoms with E-state index in [0.29, 0.717) is 6.42 Å². The first kappa shape index (κ1) is 14.4. The van der Waals surface area contributed by atoms with Crippen molar-refractivity contribution in [3.63, 3.8) is 0 Å². The van der Waals surface area contributed by atoms with Crippen LogP contribution in [-0.2, 0) is 12.8 Å². The lowest BCUT2D eigenvalue weighted by atomic mass is 10.1. The predicted molar refractivity (Wildman–Crippen MR) is 78.6 cm³/mol. The second-order valence-corrected chi connectivity index (χ2v) is 5.75. The number of aromatic nitrogens is 2. The van der Waals surface area contributed by atoms with E-state index >= 15 is 0 Å². The Kier molecular flexibility index (Phi) is 4.90. The minimum atomic E-state index is -0.585. The van der Waals surface area contributed by atoms with Crippen molar-refractivity contribution < 1.29 is 9.84 Å². The van der Waals surface area contributed by atoms with Gasteiger partial charge in [-0.2, -0.15) is 0 Å². The molecule has 0 radical (unpaired) electrons. The number of halogens is 1. The minimum absolute atomic E-state index is 0.509. The number of aliphatic hydroxyl groups is 1. The van der Waals surface area contributed by atoms with Gasteiger partial charge in [0.15, 0.2) is 0 Å². The molecule has 2 rings (SSSR count). The van der Waals surface area contributed by atoms with Crippen LogP contribution in [-0.4, -0.2) is 21.8 Å². The van der Waals surface area contributed by atoms with Gasteiger partial charge in [0.1, 0.15) is 5.75 Å². The highest BCUT2D eigenvalue weighted by Gasteiger charge is 2.17. The number of nitrogens with zero attached hydrogens (tertiary/aromatic N) is 2. The summed E-state index contributed by atoms with van der Waals surface area (Å²) in [4.78, 5) is 0.845. The smallest absolute Gasteiger partial charge is 0.119 e. The first-order valence-electron chi connectivity index (χ1n) is 5.97. The van der Waals surface area contributed by atoms with E-state index in [-0.39, 0.29) is 0 Å². The summed E-state index contributed by atoms with van der Waals surface area (Å²) >= 11 is 4.75. The first-order valence-corrected chi connectivity index (χ1v) is 7.54. The molecule has 4 nitrogen and oxygen atoms in total. The molecule has 0 saturated carbocycles. The van der Waals surface area contributed by atoms with Crippen LogP contribution in [0.2, 0.25) is 0 Å². The summed E-state index contributed by atoms with van der Waals surface area (Å²) in [6.07, 6.45) is 0.704. The van der Waals surface area contributed by atoms with Crippen LogP contribution in [0.15, 0.2) is 22.7 Å². The molecule has 2 aromatic rings. The average molecular weight is 343 g/mol. The van der Waals surface area contributed by atoms with Crippen molar-refractivity contribution in [3.8, 4) is 5.75 Å². The van der Waals surface area contributed by atoms with Crippen LogP contribution in [0, 0.1) is 0 Å². The quantitative estimate of drug-likeness (QED) is 0.906. The molecule has 1 aromatic carbocycles. The molecule has 1 aromatic heterocycles. The Morgan fingerprint density at radius 2 is 2.26 bits per heavy atom. The van der Waals surface area contributed by atoms with Crippen LogP contribution in [0.5, 0.6) is 5.75 Å². The molecule has 0 aliphatic rings. The van der Waals surface area contributed by atoms with E-state index in [1.807, 2.05) is 25.1 Å². The van der Waals surface area contributed by atoms with Gasteiger partial charge in [0.05, 0.1) is 23.8 Å². The third kappa shape index (κ3) is 3.32. The third-order valence-corrected chi connectivity index (χ3v) is 4.53. The number of aryl methyl sites for hydroxylation is 1. The molecule has 0 saturated heterocycles. The van der Waals surface area contributed by atoms with E-state index in [1.165, 1.54) is 11.5 Å². The SMILES string of the molecule is CCc1nnsc1C(O)Cc1cc(OC)ccc1Br. The normalized spacial score (nSPS) is 12.4. The zero-order chi connectivity index (χ0) is 13.8. The maximum absolute atomic E-state index is 10.3. The molecule has 1 N–H and O–H groups in total. The molecule has 1 atom stereocenters. The van der Waals surface area contributed by atoms with Gasteiger partial charge in [0.25, 0.3) is 0 Å². The van der Waals surface area contributed by atoms with Gasteiger partial charge in [-0.1, -0.05) is 27.3 Å². The number of rotatable bonds is 5. The van der Waals surface area contributed by atoms with E-state index < -0.39 is 6.10 Å². The lowest BCUT2D eigenvalue weighted by molar-refractivity contribution is 0.180. The molecular weight excluding hydrogens is 328 g/mol. The lowest BCUT2D eigenvalue weighted by Crippen LogP contribution is -2.03. The largest absolute Gasteiger partial charge is 0.497 e. The van der Waals surface area contributed by atoms with Crippen LogP contribution in [0.4, 0.5) is 0 Å². The summed E-state index contributed by atoms with van der Waals surface area (Å²) in [7, 11) is 1.63. The van der Waals surface area contributed by atoms with Gasteiger partial charge < -0.3 is 9.84 Å². The van der Waals surface area contributed by atoms with Gasteiger partial charge in [-0.05, 0) is 41.7 Å². The Morgan fingerprint density at radius 3 is 2.95 bits per heavy atom. The Morgan fingerprint density at radius 1 is 1.47 bits per heavy atom. The fourth-order valence-electron chi connectivity index (χ4n) is 1.85. The summed E-state index contributed by atoms with van der Waals surface area (Å²) in [5, 5.41) is 14.4. The monoisotopic (exact) mass is 342 g/mol. The summed E-state index contributed by atoms with van der Waals surface area (Å²) in [5.74, 6) is 0.781. The van der Waals surface area contributed by atoms with Crippen molar-refractivity contribution in [2.24, 2.45) is 0 Å². The highest BCUT2D eigenvalue weighted by Crippen LogP contribution is 2.29. The fraction of sp³-hybridized carbons (Fsp3) is 0.385. The maximum Gasteiger partial charge on any atom is 0.119 e. The molecule has 6 heteroatoms. The molecule has 0 bridgehead atoms. The summed E-state index contributed by atoms with van der Waals surface area (Å²) in [6.45, 7) is 2.01. The Balaban J connectivity index is 2.21. The lowest BCUT2D eigenvalue weighted by Gasteiger charge is -2.12. The van der Waals surface area contributed by atoms with E-state index in [9.17, 15) is 5.11 Å². The van der Waals surface area contributed by atoms with Crippen molar-refractivity contribution in [1.29, 1.82) is 0 Å². The highest BCUT2D eigenvalue weighted by atomic mass is 79.9. The number of methoxy groups -OCH3 is 1. The van der Waals surface area contributed by atoms with E-state index in [4.69, 9.17) is 4.74 Å². The molecule has 0 fully saturated rings. The molecule has 1 heterocycles. The van der Waals surface area contributed by atoms with Crippen LogP contribution < -0.4 is 4.74 Å². The van der Waals surface area contributed by atoms with E-state index in [0.717, 1.165) is 32.8 Å². The van der Waals surface area contributed by atoms with Crippen molar-refractivity contribution in [2.45, 2.75) is 25.9 Å². The predicted octanol–water partition coefficient (Wildman–Crippen LogP) is 3.15. The molecule has 0 amide bonds. The van der Waals surface area contributed by atoms with E-state index in [2.05, 4.69) is 25.5 Å². The number of benzene rings is 1. The fourth-order valence-corrected chi connectivity index (χ4v) is 2.98. The Labute approximate surface area is 124 Å². The van der Waals surface area contributed by atoms with Crippen LogP contribution in [0.1, 0.15) is 29.2 Å². The minimum Gasteiger partial charge on any atom is -0.497 e. The van der Waals surface area contributed by atoms with Gasteiger partial charge in [0.2, 0.25) is 0 Å². The first-order chi connectivity index (χ1) is 9.15. The van der Waals surface area contributed by atoms with Crippen molar-refractivity contribution in [1.82, 2.24) is 9.59 Å². The molecule has 0 spiro atoms. The number of hydrogen-bond donors (Lipinski definition) is 1. The zero-order valence-electron chi connectivity index (χ0n) is 10.8. The molecule has 0 aliphatic heterocycles. The van der Waals surface area contributed by atoms with E-state index in [1.54, 1.807) is 7.11 Å². The summed E-state index contributed by atoms with van der Waals surface area (Å²) < 4.78 is 10.1.